The number of amides is 1. The predicted molar refractivity (Wildman–Crippen MR) is 87.5 cm³/mol. The molecule has 9 heteroatoms. The van der Waals surface area contributed by atoms with Crippen molar-refractivity contribution in [1.82, 2.24) is 5.43 Å². The van der Waals surface area contributed by atoms with Gasteiger partial charge in [0, 0.05) is 22.3 Å². The molecule has 24 heavy (non-hydrogen) atoms. The number of nitrogens with one attached hydrogen (secondary N) is 1. The Hall–Kier alpha value is -2.94. The number of thiophene rings is 1. The Balaban J connectivity index is 2.10. The third-order valence-electron chi connectivity index (χ3n) is 2.87. The molecule has 0 aliphatic carbocycles. The first-order valence-electron chi connectivity index (χ1n) is 6.97. The lowest BCUT2D eigenvalue weighted by atomic mass is 10.2. The Morgan fingerprint density at radius 3 is 2.92 bits per heavy atom. The number of nitro benzene ring substituents is 1. The van der Waals surface area contributed by atoms with Gasteiger partial charge >= 0.3 is 0 Å². The average Bonchev–Trinajstić information content (AvgIpc) is 3.03. The maximum Gasteiger partial charge on any atom is 0.266 e. The van der Waals surface area contributed by atoms with Gasteiger partial charge < -0.3 is 9.84 Å². The lowest BCUT2D eigenvalue weighted by molar-refractivity contribution is -0.398. The zero-order chi connectivity index (χ0) is 17.5. The maximum atomic E-state index is 11.8. The molecule has 0 fully saturated rings. The SMILES string of the molecule is CCOc1cc(C=NNC(=O)Cc2cccs2)cc([N+](=O)[O-])c1[O-]. The molecule has 0 unspecified atom stereocenters. The molecule has 1 heterocycles. The quantitative estimate of drug-likeness (QED) is 0.465. The van der Waals surface area contributed by atoms with Crippen LogP contribution in [-0.2, 0) is 11.2 Å². The van der Waals surface area contributed by atoms with Gasteiger partial charge in [0.15, 0.2) is 0 Å². The summed E-state index contributed by atoms with van der Waals surface area (Å²) in [5.74, 6) is -1.23. The molecular formula is C15H14N3O5S-. The zero-order valence-corrected chi connectivity index (χ0v) is 13.5. The number of hydrogen-bond acceptors (Lipinski definition) is 7. The zero-order valence-electron chi connectivity index (χ0n) is 12.7. The summed E-state index contributed by atoms with van der Waals surface area (Å²) < 4.78 is 5.10. The van der Waals surface area contributed by atoms with E-state index in [1.54, 1.807) is 6.92 Å². The van der Waals surface area contributed by atoms with Crippen LogP contribution in [0.4, 0.5) is 5.69 Å². The van der Waals surface area contributed by atoms with Crippen molar-refractivity contribution in [2.75, 3.05) is 6.61 Å². The molecule has 1 amide bonds. The third kappa shape index (κ3) is 4.53. The van der Waals surface area contributed by atoms with E-state index in [0.717, 1.165) is 10.9 Å². The van der Waals surface area contributed by atoms with Gasteiger partial charge in [0.2, 0.25) is 5.91 Å². The molecule has 126 valence electrons. The van der Waals surface area contributed by atoms with Crippen LogP contribution >= 0.6 is 11.3 Å². The first kappa shape index (κ1) is 17.4. The smallest absolute Gasteiger partial charge is 0.266 e. The van der Waals surface area contributed by atoms with Gasteiger partial charge in [0.25, 0.3) is 5.69 Å². The largest absolute Gasteiger partial charge is 0.865 e. The molecule has 0 radical (unpaired) electrons. The lowest BCUT2D eigenvalue weighted by Gasteiger charge is -2.14. The number of benzene rings is 1. The van der Waals surface area contributed by atoms with Crippen molar-refractivity contribution in [2.45, 2.75) is 13.3 Å². The molecule has 0 atom stereocenters. The monoisotopic (exact) mass is 348 g/mol. The summed E-state index contributed by atoms with van der Waals surface area (Å²) in [7, 11) is 0. The fraction of sp³-hybridized carbons (Fsp3) is 0.200. The highest BCUT2D eigenvalue weighted by Gasteiger charge is 2.13. The van der Waals surface area contributed by atoms with Gasteiger partial charge in [-0.3, -0.25) is 14.9 Å². The van der Waals surface area contributed by atoms with E-state index >= 15 is 0 Å². The second-order valence-corrected chi connectivity index (χ2v) is 5.64. The highest BCUT2D eigenvalue weighted by atomic mass is 32.1. The molecule has 1 aromatic carbocycles. The molecule has 1 aromatic heterocycles. The number of carbonyl (C=O) groups is 1. The summed E-state index contributed by atoms with van der Waals surface area (Å²) in [6.07, 6.45) is 1.42. The van der Waals surface area contributed by atoms with Crippen LogP contribution < -0.4 is 15.3 Å². The number of hydrogen-bond donors (Lipinski definition) is 1. The van der Waals surface area contributed by atoms with Crippen molar-refractivity contribution >= 4 is 29.1 Å². The highest BCUT2D eigenvalue weighted by molar-refractivity contribution is 7.10. The summed E-state index contributed by atoms with van der Waals surface area (Å²) in [5, 5.41) is 28.4. The standard InChI is InChI=1S/C15H15N3O5S/c1-2-23-13-7-10(6-12(15(13)20)18(21)22)9-16-17-14(19)8-11-4-3-5-24-11/h3-7,9,20H,2,8H2,1H3,(H,17,19)/p-1. The number of carbonyl (C=O) groups excluding carboxylic acids is 1. The van der Waals surface area contributed by atoms with E-state index in [0.29, 0.717) is 0 Å². The molecule has 0 saturated carbocycles. The van der Waals surface area contributed by atoms with Crippen LogP contribution in [0.3, 0.4) is 0 Å². The number of hydrazone groups is 1. The lowest BCUT2D eigenvalue weighted by Crippen LogP contribution is -2.19. The number of rotatable bonds is 7. The summed E-state index contributed by atoms with van der Waals surface area (Å²) in [6, 6.07) is 6.10. The topological polar surface area (TPSA) is 117 Å². The van der Waals surface area contributed by atoms with Gasteiger partial charge in [-0.25, -0.2) is 5.43 Å². The second-order valence-electron chi connectivity index (χ2n) is 4.61. The Bertz CT molecular complexity index is 759. The molecule has 2 aromatic rings. The summed E-state index contributed by atoms with van der Waals surface area (Å²) in [5.41, 5.74) is 2.01. The minimum absolute atomic E-state index is 0.127. The van der Waals surface area contributed by atoms with E-state index in [2.05, 4.69) is 10.5 Å². The molecule has 2 rings (SSSR count). The first-order chi connectivity index (χ1) is 11.5. The van der Waals surface area contributed by atoms with Crippen molar-refractivity contribution in [1.29, 1.82) is 0 Å². The van der Waals surface area contributed by atoms with E-state index < -0.39 is 16.4 Å². The van der Waals surface area contributed by atoms with Crippen LogP contribution in [0.2, 0.25) is 0 Å². The van der Waals surface area contributed by atoms with E-state index in [1.807, 2.05) is 17.5 Å². The summed E-state index contributed by atoms with van der Waals surface area (Å²) >= 11 is 1.46. The molecule has 0 saturated heterocycles. The predicted octanol–water partition coefficient (Wildman–Crippen LogP) is 1.82. The fourth-order valence-electron chi connectivity index (χ4n) is 1.87. The van der Waals surface area contributed by atoms with Crippen LogP contribution in [0.5, 0.6) is 11.5 Å². The Kier molecular flexibility index (Phi) is 5.85. The number of ether oxygens (including phenoxy) is 1. The van der Waals surface area contributed by atoms with Gasteiger partial charge in [0.1, 0.15) is 5.75 Å². The fourth-order valence-corrected chi connectivity index (χ4v) is 2.57. The van der Waals surface area contributed by atoms with E-state index in [4.69, 9.17) is 4.74 Å². The van der Waals surface area contributed by atoms with Gasteiger partial charge in [-0.1, -0.05) is 6.07 Å². The molecule has 0 aliphatic heterocycles. The van der Waals surface area contributed by atoms with Gasteiger partial charge in [-0.2, -0.15) is 5.10 Å². The molecule has 1 N–H and O–H groups in total. The minimum Gasteiger partial charge on any atom is -0.865 e. The van der Waals surface area contributed by atoms with Crippen molar-refractivity contribution in [2.24, 2.45) is 5.10 Å². The Morgan fingerprint density at radius 1 is 1.50 bits per heavy atom. The maximum absolute atomic E-state index is 11.8. The Morgan fingerprint density at radius 2 is 2.29 bits per heavy atom. The second kappa shape index (κ2) is 8.06. The molecule has 0 spiro atoms. The van der Waals surface area contributed by atoms with Gasteiger partial charge in [-0.15, -0.1) is 11.3 Å². The van der Waals surface area contributed by atoms with Crippen LogP contribution in [0.1, 0.15) is 17.4 Å². The van der Waals surface area contributed by atoms with Crippen molar-refractivity contribution < 1.29 is 19.6 Å². The third-order valence-corrected chi connectivity index (χ3v) is 3.75. The summed E-state index contributed by atoms with van der Waals surface area (Å²) in [6.45, 7) is 1.86. The average molecular weight is 348 g/mol. The van der Waals surface area contributed by atoms with E-state index in [9.17, 15) is 20.0 Å². The van der Waals surface area contributed by atoms with Crippen LogP contribution in [0.25, 0.3) is 0 Å². The minimum atomic E-state index is -0.791. The molecule has 8 nitrogen and oxygen atoms in total. The summed E-state index contributed by atoms with van der Waals surface area (Å²) in [4.78, 5) is 22.7. The molecule has 0 aliphatic rings. The number of nitrogens with zero attached hydrogens (tertiary/aromatic N) is 2. The van der Waals surface area contributed by atoms with Gasteiger partial charge in [0.05, 0.1) is 24.2 Å². The van der Waals surface area contributed by atoms with E-state index in [-0.39, 0.29) is 30.2 Å². The molecular weight excluding hydrogens is 334 g/mol. The molecule has 0 bridgehead atoms. The number of nitro groups is 1. The van der Waals surface area contributed by atoms with Crippen LogP contribution in [0, 0.1) is 10.1 Å². The highest BCUT2D eigenvalue weighted by Crippen LogP contribution is 2.34. The Labute approximate surface area is 141 Å². The van der Waals surface area contributed by atoms with E-state index in [1.165, 1.54) is 23.6 Å². The first-order valence-corrected chi connectivity index (χ1v) is 7.85. The van der Waals surface area contributed by atoms with Crippen LogP contribution in [-0.4, -0.2) is 23.7 Å². The normalized spacial score (nSPS) is 10.7. The van der Waals surface area contributed by atoms with Crippen molar-refractivity contribution in [3.8, 4) is 11.5 Å². The van der Waals surface area contributed by atoms with Crippen molar-refractivity contribution in [3.05, 3.63) is 50.2 Å². The van der Waals surface area contributed by atoms with Gasteiger partial charge in [-0.05, 0) is 24.4 Å². The van der Waals surface area contributed by atoms with Crippen molar-refractivity contribution in [3.63, 3.8) is 0 Å². The van der Waals surface area contributed by atoms with Crippen LogP contribution in [0.15, 0.2) is 34.7 Å².